The summed E-state index contributed by atoms with van der Waals surface area (Å²) in [5.74, 6) is 1.81. The first-order valence-corrected chi connectivity index (χ1v) is 15.1. The molecule has 0 bridgehead atoms. The van der Waals surface area contributed by atoms with Crippen molar-refractivity contribution >= 4 is 22.3 Å². The van der Waals surface area contributed by atoms with Crippen LogP contribution >= 0.6 is 0 Å². The molecule has 0 saturated heterocycles. The average Bonchev–Trinajstić information content (AvgIpc) is 3.55. The summed E-state index contributed by atoms with van der Waals surface area (Å²) in [4.78, 5) is 17.7. The number of anilines is 1. The van der Waals surface area contributed by atoms with E-state index in [9.17, 15) is 10.1 Å². The van der Waals surface area contributed by atoms with E-state index in [4.69, 9.17) is 8.83 Å². The molecular weight excluding hydrogens is 552 g/mol. The number of fused-ring (bicyclic) bond motifs is 2. The maximum Gasteiger partial charge on any atom is 0.269 e. The highest BCUT2D eigenvalue weighted by Crippen LogP contribution is 2.44. The SMILES string of the molecule is CCN(CC)c1ccc2c(-c3ccccc3-c3ncc(-c4ccc([N+](=O)[O-])cc4)o3)c3ccc(=[N+](CC)CC)cc-3oc2c1. The largest absolute Gasteiger partial charge is 0.456 e. The van der Waals surface area contributed by atoms with Gasteiger partial charge in [-0.15, -0.1) is 0 Å². The van der Waals surface area contributed by atoms with E-state index in [2.05, 4.69) is 84.6 Å². The summed E-state index contributed by atoms with van der Waals surface area (Å²) < 4.78 is 15.3. The van der Waals surface area contributed by atoms with Gasteiger partial charge in [-0.3, -0.25) is 10.1 Å². The summed E-state index contributed by atoms with van der Waals surface area (Å²) in [5, 5.41) is 13.2. The van der Waals surface area contributed by atoms with Crippen molar-refractivity contribution in [3.05, 3.63) is 107 Å². The molecule has 0 unspecified atom stereocenters. The van der Waals surface area contributed by atoms with Crippen molar-refractivity contribution in [1.82, 2.24) is 9.56 Å². The van der Waals surface area contributed by atoms with Gasteiger partial charge in [0.15, 0.2) is 5.76 Å². The zero-order valence-corrected chi connectivity index (χ0v) is 25.4. The molecule has 8 nitrogen and oxygen atoms in total. The van der Waals surface area contributed by atoms with Gasteiger partial charge < -0.3 is 13.7 Å². The lowest BCUT2D eigenvalue weighted by molar-refractivity contribution is -0.384. The van der Waals surface area contributed by atoms with Gasteiger partial charge in [0, 0.05) is 70.7 Å². The highest BCUT2D eigenvalue weighted by atomic mass is 16.6. The number of benzene rings is 4. The summed E-state index contributed by atoms with van der Waals surface area (Å²) in [6, 6.07) is 27.3. The Labute approximate surface area is 256 Å². The summed E-state index contributed by atoms with van der Waals surface area (Å²) in [6.07, 6.45) is 1.66. The predicted octanol–water partition coefficient (Wildman–Crippen LogP) is 8.09. The normalized spacial score (nSPS) is 11.3. The number of oxazole rings is 1. The molecule has 1 aliphatic heterocycles. The molecule has 0 radical (unpaired) electrons. The summed E-state index contributed by atoms with van der Waals surface area (Å²) in [5.41, 5.74) is 6.53. The van der Waals surface area contributed by atoms with Crippen molar-refractivity contribution < 1.29 is 13.8 Å². The van der Waals surface area contributed by atoms with Crippen LogP contribution in [-0.4, -0.2) is 36.1 Å². The Balaban J connectivity index is 1.57. The molecule has 8 heteroatoms. The molecule has 0 amide bonds. The van der Waals surface area contributed by atoms with E-state index in [0.29, 0.717) is 17.2 Å². The number of nitrogens with zero attached hydrogens (tertiary/aromatic N) is 4. The van der Waals surface area contributed by atoms with Gasteiger partial charge in [-0.2, -0.15) is 0 Å². The van der Waals surface area contributed by atoms with Gasteiger partial charge in [-0.25, -0.2) is 9.56 Å². The van der Waals surface area contributed by atoms with E-state index in [1.54, 1.807) is 18.3 Å². The number of nitro groups is 1. The Hall–Kier alpha value is -5.24. The zero-order chi connectivity index (χ0) is 30.8. The van der Waals surface area contributed by atoms with Crippen LogP contribution < -0.4 is 14.8 Å². The van der Waals surface area contributed by atoms with E-state index in [1.165, 1.54) is 12.1 Å². The van der Waals surface area contributed by atoms with E-state index < -0.39 is 4.92 Å². The molecule has 1 aromatic heterocycles. The highest BCUT2D eigenvalue weighted by molar-refractivity contribution is 6.05. The highest BCUT2D eigenvalue weighted by Gasteiger charge is 2.23. The monoisotopic (exact) mass is 587 g/mol. The molecule has 2 heterocycles. The standard InChI is InChI=1S/C36H35N4O4/c1-5-38(6-2)26-17-19-30-32(21-26)43-33-22-27(39(7-3)8-4)18-20-31(33)35(30)28-11-9-10-12-29(28)36-37-23-34(44-36)24-13-15-25(16-14-24)40(41)42/h9-23H,5-8H2,1-4H3/q+1. The van der Waals surface area contributed by atoms with E-state index in [1.807, 2.05) is 18.2 Å². The Morgan fingerprint density at radius 1 is 0.773 bits per heavy atom. The fourth-order valence-corrected chi connectivity index (χ4v) is 5.90. The minimum absolute atomic E-state index is 0.0281. The zero-order valence-electron chi connectivity index (χ0n) is 25.4. The first kappa shape index (κ1) is 28.9. The lowest BCUT2D eigenvalue weighted by Crippen LogP contribution is -2.29. The van der Waals surface area contributed by atoms with Crippen molar-refractivity contribution in [3.63, 3.8) is 0 Å². The van der Waals surface area contributed by atoms with Gasteiger partial charge in [-0.1, -0.05) is 18.2 Å². The van der Waals surface area contributed by atoms with Crippen molar-refractivity contribution in [3.8, 4) is 45.2 Å². The third kappa shape index (κ3) is 5.24. The van der Waals surface area contributed by atoms with Crippen LogP contribution in [0.4, 0.5) is 11.4 Å². The van der Waals surface area contributed by atoms with Crippen LogP contribution in [0.3, 0.4) is 0 Å². The predicted molar refractivity (Wildman–Crippen MR) is 176 cm³/mol. The molecule has 0 N–H and O–H groups in total. The molecule has 1 aliphatic carbocycles. The van der Waals surface area contributed by atoms with Crippen LogP contribution in [0, 0.1) is 10.1 Å². The van der Waals surface area contributed by atoms with Crippen molar-refractivity contribution in [2.75, 3.05) is 31.1 Å². The minimum atomic E-state index is -0.414. The minimum Gasteiger partial charge on any atom is -0.456 e. The maximum atomic E-state index is 11.1. The second-order valence-electron chi connectivity index (χ2n) is 10.6. The Morgan fingerprint density at radius 3 is 2.18 bits per heavy atom. The molecule has 2 aliphatic rings. The first-order chi connectivity index (χ1) is 21.4. The number of aromatic nitrogens is 1. The molecule has 0 spiro atoms. The first-order valence-electron chi connectivity index (χ1n) is 15.1. The number of hydrogen-bond donors (Lipinski definition) is 0. The van der Waals surface area contributed by atoms with Crippen LogP contribution in [0.15, 0.2) is 100.0 Å². The molecule has 0 saturated carbocycles. The maximum absolute atomic E-state index is 11.1. The summed E-state index contributed by atoms with van der Waals surface area (Å²) >= 11 is 0. The van der Waals surface area contributed by atoms with Gasteiger partial charge in [0.2, 0.25) is 11.2 Å². The fraction of sp³-hybridized carbons (Fsp3) is 0.222. The molecule has 0 fully saturated rings. The quantitative estimate of drug-likeness (QED) is 0.0735. The Morgan fingerprint density at radius 2 is 1.50 bits per heavy atom. The Kier molecular flexibility index (Phi) is 7.98. The molecule has 3 aromatic carbocycles. The number of hydrogen-bond acceptors (Lipinski definition) is 6. The van der Waals surface area contributed by atoms with Crippen molar-refractivity contribution in [2.45, 2.75) is 27.7 Å². The number of rotatable bonds is 9. The van der Waals surface area contributed by atoms with Crippen LogP contribution in [0.5, 0.6) is 0 Å². The van der Waals surface area contributed by atoms with E-state index >= 15 is 0 Å². The molecule has 4 aromatic rings. The third-order valence-corrected chi connectivity index (χ3v) is 8.24. The molecule has 222 valence electrons. The lowest BCUT2D eigenvalue weighted by Gasteiger charge is -2.22. The fourth-order valence-electron chi connectivity index (χ4n) is 5.90. The van der Waals surface area contributed by atoms with Crippen molar-refractivity contribution in [1.29, 1.82) is 0 Å². The van der Waals surface area contributed by atoms with Gasteiger partial charge >= 0.3 is 0 Å². The second kappa shape index (κ2) is 12.2. The molecular formula is C36H35N4O4+. The van der Waals surface area contributed by atoms with Gasteiger partial charge in [-0.05, 0) is 69.7 Å². The van der Waals surface area contributed by atoms with Gasteiger partial charge in [0.1, 0.15) is 24.4 Å². The van der Waals surface area contributed by atoms with E-state index in [0.717, 1.165) is 76.2 Å². The summed E-state index contributed by atoms with van der Waals surface area (Å²) in [7, 11) is 0. The van der Waals surface area contributed by atoms with Crippen LogP contribution in [0.1, 0.15) is 27.7 Å². The molecule has 0 atom stereocenters. The van der Waals surface area contributed by atoms with Crippen LogP contribution in [0.2, 0.25) is 0 Å². The van der Waals surface area contributed by atoms with Crippen LogP contribution in [0.25, 0.3) is 56.2 Å². The van der Waals surface area contributed by atoms with E-state index in [-0.39, 0.29) is 5.69 Å². The second-order valence-corrected chi connectivity index (χ2v) is 10.6. The average molecular weight is 588 g/mol. The van der Waals surface area contributed by atoms with Crippen LogP contribution in [-0.2, 0) is 0 Å². The molecule has 44 heavy (non-hydrogen) atoms. The third-order valence-electron chi connectivity index (χ3n) is 8.24. The van der Waals surface area contributed by atoms with Gasteiger partial charge in [0.05, 0.1) is 17.2 Å². The number of nitro benzene ring substituents is 1. The Bertz CT molecular complexity index is 2000. The topological polar surface area (TPSA) is 88.6 Å². The van der Waals surface area contributed by atoms with Crippen molar-refractivity contribution in [2.24, 2.45) is 0 Å². The lowest BCUT2D eigenvalue weighted by atomic mass is 9.90. The number of non-ortho nitro benzene ring substituents is 1. The molecule has 6 rings (SSSR count). The summed E-state index contributed by atoms with van der Waals surface area (Å²) in [6.45, 7) is 12.2. The van der Waals surface area contributed by atoms with Gasteiger partial charge in [0.25, 0.3) is 5.69 Å². The smallest absolute Gasteiger partial charge is 0.269 e.